The fraction of sp³-hybridized carbons (Fsp3) is 0.538. The molecule has 3 nitrogen and oxygen atoms in total. The van der Waals surface area contributed by atoms with Crippen LogP contribution in [0.3, 0.4) is 0 Å². The average molecular weight is 307 g/mol. The van der Waals surface area contributed by atoms with E-state index in [-0.39, 0.29) is 23.0 Å². The van der Waals surface area contributed by atoms with Crippen LogP contribution in [0.4, 0.5) is 13.2 Å². The van der Waals surface area contributed by atoms with Crippen molar-refractivity contribution in [2.24, 2.45) is 5.92 Å². The molecule has 112 valence electrons. The molecule has 1 saturated heterocycles. The van der Waals surface area contributed by atoms with Crippen LogP contribution in [0.5, 0.6) is 0 Å². The van der Waals surface area contributed by atoms with Gasteiger partial charge in [0.25, 0.3) is 0 Å². The molecule has 1 aromatic carbocycles. The van der Waals surface area contributed by atoms with Crippen molar-refractivity contribution in [3.63, 3.8) is 0 Å². The molecule has 1 heterocycles. The first-order valence-electron chi connectivity index (χ1n) is 6.35. The predicted octanol–water partition coefficient (Wildman–Crippen LogP) is 2.19. The molecule has 0 spiro atoms. The Morgan fingerprint density at radius 2 is 2.00 bits per heavy atom. The summed E-state index contributed by atoms with van der Waals surface area (Å²) >= 11 is 0. The van der Waals surface area contributed by atoms with Crippen molar-refractivity contribution in [2.75, 3.05) is 18.6 Å². The Balaban J connectivity index is 2.19. The minimum absolute atomic E-state index is 0.0238. The van der Waals surface area contributed by atoms with Gasteiger partial charge >= 0.3 is 0 Å². The summed E-state index contributed by atoms with van der Waals surface area (Å²) in [5.74, 6) is -3.84. The number of halogens is 3. The SMILES string of the molecule is CNC(CC1CCS(=O)(=O)C1)c1ccc(F)c(F)c1F. The molecule has 1 aliphatic rings. The van der Waals surface area contributed by atoms with E-state index in [4.69, 9.17) is 0 Å². The molecule has 20 heavy (non-hydrogen) atoms. The smallest absolute Gasteiger partial charge is 0.194 e. The van der Waals surface area contributed by atoms with Crippen LogP contribution in [-0.4, -0.2) is 27.0 Å². The Kier molecular flexibility index (Phi) is 4.39. The summed E-state index contributed by atoms with van der Waals surface area (Å²) in [7, 11) is -1.43. The maximum atomic E-state index is 13.8. The van der Waals surface area contributed by atoms with Crippen LogP contribution in [-0.2, 0) is 9.84 Å². The maximum Gasteiger partial charge on any atom is 0.194 e. The van der Waals surface area contributed by atoms with Crippen molar-refractivity contribution in [1.82, 2.24) is 5.32 Å². The molecule has 2 atom stereocenters. The highest BCUT2D eigenvalue weighted by molar-refractivity contribution is 7.91. The van der Waals surface area contributed by atoms with Gasteiger partial charge in [-0.15, -0.1) is 0 Å². The second-order valence-corrected chi connectivity index (χ2v) is 7.34. The van der Waals surface area contributed by atoms with Crippen LogP contribution in [0.15, 0.2) is 12.1 Å². The van der Waals surface area contributed by atoms with E-state index < -0.39 is 33.3 Å². The number of hydrogen-bond donors (Lipinski definition) is 1. The van der Waals surface area contributed by atoms with Crippen molar-refractivity contribution in [3.8, 4) is 0 Å². The zero-order valence-corrected chi connectivity index (χ0v) is 11.8. The largest absolute Gasteiger partial charge is 0.313 e. The van der Waals surface area contributed by atoms with Gasteiger partial charge in [-0.2, -0.15) is 0 Å². The summed E-state index contributed by atoms with van der Waals surface area (Å²) in [5, 5.41) is 2.84. The van der Waals surface area contributed by atoms with Gasteiger partial charge in [0.1, 0.15) is 0 Å². The van der Waals surface area contributed by atoms with Gasteiger partial charge in [-0.25, -0.2) is 21.6 Å². The molecule has 0 saturated carbocycles. The van der Waals surface area contributed by atoms with Gasteiger partial charge in [-0.3, -0.25) is 0 Å². The molecular weight excluding hydrogens is 291 g/mol. The van der Waals surface area contributed by atoms with Crippen LogP contribution < -0.4 is 5.32 Å². The first kappa shape index (κ1) is 15.3. The van der Waals surface area contributed by atoms with Crippen molar-refractivity contribution >= 4 is 9.84 Å². The van der Waals surface area contributed by atoms with E-state index in [9.17, 15) is 21.6 Å². The molecule has 1 aromatic rings. The van der Waals surface area contributed by atoms with Crippen LogP contribution in [0.1, 0.15) is 24.4 Å². The highest BCUT2D eigenvalue weighted by atomic mass is 32.2. The second-order valence-electron chi connectivity index (χ2n) is 5.11. The van der Waals surface area contributed by atoms with E-state index in [1.165, 1.54) is 6.07 Å². The molecule has 2 rings (SSSR count). The zero-order valence-electron chi connectivity index (χ0n) is 11.0. The molecular formula is C13H16F3NO2S. The predicted molar refractivity (Wildman–Crippen MR) is 69.5 cm³/mol. The molecule has 0 bridgehead atoms. The van der Waals surface area contributed by atoms with Crippen molar-refractivity contribution in [3.05, 3.63) is 35.1 Å². The average Bonchev–Trinajstić information content (AvgIpc) is 2.73. The quantitative estimate of drug-likeness (QED) is 0.867. The molecule has 2 unspecified atom stereocenters. The van der Waals surface area contributed by atoms with Crippen LogP contribution >= 0.6 is 0 Å². The Morgan fingerprint density at radius 3 is 2.55 bits per heavy atom. The summed E-state index contributed by atoms with van der Waals surface area (Å²) in [6, 6.07) is 1.53. The first-order valence-corrected chi connectivity index (χ1v) is 8.17. The summed E-state index contributed by atoms with van der Waals surface area (Å²) < 4.78 is 62.7. The van der Waals surface area contributed by atoms with Gasteiger partial charge < -0.3 is 5.32 Å². The summed E-state index contributed by atoms with van der Waals surface area (Å²) in [5.41, 5.74) is 0.0238. The standard InChI is InChI=1S/C13H16F3NO2S/c1-17-11(6-8-4-5-20(18,19)7-8)9-2-3-10(14)13(16)12(9)15/h2-3,8,11,17H,4-7H2,1H3. The highest BCUT2D eigenvalue weighted by Gasteiger charge is 2.31. The van der Waals surface area contributed by atoms with E-state index in [2.05, 4.69) is 5.32 Å². The molecule has 0 aromatic heterocycles. The fourth-order valence-corrected chi connectivity index (χ4v) is 4.48. The van der Waals surface area contributed by atoms with Gasteiger partial charge in [0.05, 0.1) is 11.5 Å². The molecule has 1 fully saturated rings. The monoisotopic (exact) mass is 307 g/mol. The van der Waals surface area contributed by atoms with Gasteiger partial charge in [0.2, 0.25) is 0 Å². The third-order valence-corrected chi connectivity index (χ3v) is 5.52. The van der Waals surface area contributed by atoms with Crippen LogP contribution in [0, 0.1) is 23.4 Å². The van der Waals surface area contributed by atoms with Gasteiger partial charge in [-0.1, -0.05) is 6.07 Å². The van der Waals surface area contributed by atoms with E-state index in [0.717, 1.165) is 6.07 Å². The maximum absolute atomic E-state index is 13.8. The summed E-state index contributed by atoms with van der Waals surface area (Å²) in [6.45, 7) is 0. The lowest BCUT2D eigenvalue weighted by molar-refractivity contribution is 0.398. The molecule has 0 aliphatic carbocycles. The third kappa shape index (κ3) is 3.15. The van der Waals surface area contributed by atoms with Gasteiger partial charge in [0, 0.05) is 11.6 Å². The van der Waals surface area contributed by atoms with E-state index in [0.29, 0.717) is 12.8 Å². The van der Waals surface area contributed by atoms with E-state index in [1.54, 1.807) is 7.05 Å². The van der Waals surface area contributed by atoms with Crippen LogP contribution in [0.2, 0.25) is 0 Å². The Labute approximate surface area is 116 Å². The fourth-order valence-electron chi connectivity index (χ4n) is 2.60. The van der Waals surface area contributed by atoms with E-state index in [1.807, 2.05) is 0 Å². The Morgan fingerprint density at radius 1 is 1.30 bits per heavy atom. The third-order valence-electron chi connectivity index (χ3n) is 3.68. The van der Waals surface area contributed by atoms with Gasteiger partial charge in [-0.05, 0) is 31.9 Å². The minimum atomic E-state index is -3.01. The number of benzene rings is 1. The number of sulfone groups is 1. The lowest BCUT2D eigenvalue weighted by Gasteiger charge is -2.20. The zero-order chi connectivity index (χ0) is 14.9. The van der Waals surface area contributed by atoms with Crippen molar-refractivity contribution in [1.29, 1.82) is 0 Å². The number of nitrogens with one attached hydrogen (secondary N) is 1. The van der Waals surface area contributed by atoms with Crippen molar-refractivity contribution in [2.45, 2.75) is 18.9 Å². The Bertz CT molecular complexity index is 604. The number of rotatable bonds is 4. The molecule has 1 aliphatic heterocycles. The normalized spacial score (nSPS) is 22.9. The summed E-state index contributed by atoms with van der Waals surface area (Å²) in [4.78, 5) is 0. The summed E-state index contributed by atoms with van der Waals surface area (Å²) in [6.07, 6.45) is 0.892. The Hall–Kier alpha value is -1.08. The molecule has 0 amide bonds. The molecule has 0 radical (unpaired) electrons. The van der Waals surface area contributed by atoms with E-state index >= 15 is 0 Å². The first-order chi connectivity index (χ1) is 9.34. The topological polar surface area (TPSA) is 46.2 Å². The minimum Gasteiger partial charge on any atom is -0.313 e. The molecule has 1 N–H and O–H groups in total. The highest BCUT2D eigenvalue weighted by Crippen LogP contribution is 2.31. The molecule has 7 heteroatoms. The van der Waals surface area contributed by atoms with Crippen LogP contribution in [0.25, 0.3) is 0 Å². The lowest BCUT2D eigenvalue weighted by atomic mass is 9.94. The number of hydrogen-bond acceptors (Lipinski definition) is 3. The van der Waals surface area contributed by atoms with Gasteiger partial charge in [0.15, 0.2) is 27.3 Å². The lowest BCUT2D eigenvalue weighted by Crippen LogP contribution is -2.22. The second kappa shape index (κ2) is 5.73. The van der Waals surface area contributed by atoms with Crippen molar-refractivity contribution < 1.29 is 21.6 Å².